The first-order chi connectivity index (χ1) is 7.59. The van der Waals surface area contributed by atoms with E-state index in [1.54, 1.807) is 13.0 Å². The molecular formula is C11H9NO4. The van der Waals surface area contributed by atoms with Crippen LogP contribution in [0.2, 0.25) is 0 Å². The van der Waals surface area contributed by atoms with Crippen LogP contribution >= 0.6 is 0 Å². The maximum Gasteiger partial charge on any atom is 0.335 e. The lowest BCUT2D eigenvalue weighted by atomic mass is 10.0. The number of carbonyl (C=O) groups is 1. The molecule has 0 amide bonds. The van der Waals surface area contributed by atoms with Gasteiger partial charge in [-0.05, 0) is 19.4 Å². The highest BCUT2D eigenvalue weighted by atomic mass is 16.6. The molecule has 0 bridgehead atoms. The SMILES string of the molecule is Cc1c([N+](=O)[O-])ccc2c1CC=CC(=O)O2. The summed E-state index contributed by atoms with van der Waals surface area (Å²) in [7, 11) is 0. The number of nitro groups is 1. The molecule has 0 saturated heterocycles. The molecule has 0 spiro atoms. The molecule has 1 heterocycles. The van der Waals surface area contributed by atoms with Gasteiger partial charge in [-0.25, -0.2) is 4.79 Å². The molecule has 2 rings (SSSR count). The molecule has 0 saturated carbocycles. The number of ether oxygens (including phenoxy) is 1. The Balaban J connectivity index is 2.57. The van der Waals surface area contributed by atoms with Gasteiger partial charge in [0.25, 0.3) is 5.69 Å². The molecule has 5 heteroatoms. The Kier molecular flexibility index (Phi) is 2.44. The summed E-state index contributed by atoms with van der Waals surface area (Å²) in [6, 6.07) is 2.82. The second-order valence-electron chi connectivity index (χ2n) is 3.47. The van der Waals surface area contributed by atoms with Gasteiger partial charge in [-0.3, -0.25) is 10.1 Å². The summed E-state index contributed by atoms with van der Waals surface area (Å²) >= 11 is 0. The summed E-state index contributed by atoms with van der Waals surface area (Å²) in [6.45, 7) is 1.66. The molecule has 1 aromatic rings. The number of esters is 1. The first-order valence-corrected chi connectivity index (χ1v) is 4.75. The minimum atomic E-state index is -0.452. The van der Waals surface area contributed by atoms with Gasteiger partial charge in [-0.2, -0.15) is 0 Å². The van der Waals surface area contributed by atoms with Gasteiger partial charge in [0.05, 0.1) is 4.92 Å². The normalized spacial score (nSPS) is 13.9. The molecule has 0 atom stereocenters. The summed E-state index contributed by atoms with van der Waals surface area (Å²) < 4.78 is 5.02. The number of fused-ring (bicyclic) bond motifs is 1. The van der Waals surface area contributed by atoms with Crippen molar-refractivity contribution in [2.45, 2.75) is 13.3 Å². The standard InChI is InChI=1S/C11H9NO4/c1-7-8-3-2-4-11(13)16-10(8)6-5-9(7)12(14)15/h2,4-6H,3H2,1H3. The van der Waals surface area contributed by atoms with Crippen molar-refractivity contribution < 1.29 is 14.5 Å². The highest BCUT2D eigenvalue weighted by Gasteiger charge is 2.19. The average Bonchev–Trinajstić information content (AvgIpc) is 2.39. The van der Waals surface area contributed by atoms with Gasteiger partial charge >= 0.3 is 5.97 Å². The van der Waals surface area contributed by atoms with Gasteiger partial charge in [0.1, 0.15) is 5.75 Å². The van der Waals surface area contributed by atoms with E-state index in [-0.39, 0.29) is 5.69 Å². The van der Waals surface area contributed by atoms with Crippen LogP contribution in [0.15, 0.2) is 24.3 Å². The first-order valence-electron chi connectivity index (χ1n) is 4.75. The Morgan fingerprint density at radius 1 is 1.44 bits per heavy atom. The Morgan fingerprint density at radius 3 is 2.88 bits per heavy atom. The van der Waals surface area contributed by atoms with Crippen molar-refractivity contribution in [1.29, 1.82) is 0 Å². The number of rotatable bonds is 1. The summed E-state index contributed by atoms with van der Waals surface area (Å²) in [4.78, 5) is 21.4. The number of hydrogen-bond donors (Lipinski definition) is 0. The van der Waals surface area contributed by atoms with Crippen molar-refractivity contribution in [2.24, 2.45) is 0 Å². The maximum atomic E-state index is 11.1. The van der Waals surface area contributed by atoms with Crippen LogP contribution in [0.5, 0.6) is 5.75 Å². The minimum absolute atomic E-state index is 0.0464. The number of hydrogen-bond acceptors (Lipinski definition) is 4. The fourth-order valence-electron chi connectivity index (χ4n) is 1.68. The van der Waals surface area contributed by atoms with E-state index in [2.05, 4.69) is 0 Å². The van der Waals surface area contributed by atoms with E-state index in [4.69, 9.17) is 4.74 Å². The molecule has 1 aliphatic rings. The van der Waals surface area contributed by atoms with Gasteiger partial charge in [0.2, 0.25) is 0 Å². The van der Waals surface area contributed by atoms with Crippen LogP contribution in [0.25, 0.3) is 0 Å². The largest absolute Gasteiger partial charge is 0.423 e. The molecule has 0 unspecified atom stereocenters. The number of nitro benzene ring substituents is 1. The third-order valence-corrected chi connectivity index (χ3v) is 2.51. The van der Waals surface area contributed by atoms with Crippen molar-refractivity contribution in [3.8, 4) is 5.75 Å². The molecule has 5 nitrogen and oxygen atoms in total. The Morgan fingerprint density at radius 2 is 2.19 bits per heavy atom. The lowest BCUT2D eigenvalue weighted by molar-refractivity contribution is -0.385. The zero-order valence-electron chi connectivity index (χ0n) is 8.60. The van der Waals surface area contributed by atoms with E-state index in [1.807, 2.05) is 0 Å². The first kappa shape index (κ1) is 10.4. The molecule has 0 N–H and O–H groups in total. The highest BCUT2D eigenvalue weighted by Crippen LogP contribution is 2.31. The monoisotopic (exact) mass is 219 g/mol. The molecule has 16 heavy (non-hydrogen) atoms. The van der Waals surface area contributed by atoms with Crippen LogP contribution in [0.4, 0.5) is 5.69 Å². The quantitative estimate of drug-likeness (QED) is 0.313. The average molecular weight is 219 g/mol. The molecular weight excluding hydrogens is 210 g/mol. The molecule has 0 aromatic heterocycles. The predicted octanol–water partition coefficient (Wildman–Crippen LogP) is 1.92. The second-order valence-corrected chi connectivity index (χ2v) is 3.47. The van der Waals surface area contributed by atoms with E-state index in [9.17, 15) is 14.9 Å². The van der Waals surface area contributed by atoms with Crippen LogP contribution in [-0.4, -0.2) is 10.9 Å². The minimum Gasteiger partial charge on any atom is -0.423 e. The predicted molar refractivity (Wildman–Crippen MR) is 56.3 cm³/mol. The zero-order valence-corrected chi connectivity index (χ0v) is 8.60. The van der Waals surface area contributed by atoms with E-state index in [0.717, 1.165) is 0 Å². The van der Waals surface area contributed by atoms with E-state index < -0.39 is 10.9 Å². The molecule has 82 valence electrons. The highest BCUT2D eigenvalue weighted by molar-refractivity contribution is 5.85. The second kappa shape index (κ2) is 3.77. The number of carbonyl (C=O) groups excluding carboxylic acids is 1. The third-order valence-electron chi connectivity index (χ3n) is 2.51. The smallest absolute Gasteiger partial charge is 0.335 e. The van der Waals surface area contributed by atoms with Crippen molar-refractivity contribution in [2.75, 3.05) is 0 Å². The zero-order chi connectivity index (χ0) is 11.7. The van der Waals surface area contributed by atoms with Gasteiger partial charge in [0, 0.05) is 23.3 Å². The summed E-state index contributed by atoms with van der Waals surface area (Å²) in [5.41, 5.74) is 1.28. The molecule has 0 aliphatic carbocycles. The van der Waals surface area contributed by atoms with Crippen LogP contribution in [0.1, 0.15) is 11.1 Å². The Labute approximate surface area is 91.5 Å². The van der Waals surface area contributed by atoms with Crippen LogP contribution in [0.3, 0.4) is 0 Å². The van der Waals surface area contributed by atoms with Gasteiger partial charge < -0.3 is 4.74 Å². The van der Waals surface area contributed by atoms with Gasteiger partial charge in [-0.15, -0.1) is 0 Å². The van der Waals surface area contributed by atoms with Crippen LogP contribution in [-0.2, 0) is 11.2 Å². The molecule has 1 aromatic carbocycles. The summed E-state index contributed by atoms with van der Waals surface area (Å²) in [6.07, 6.45) is 3.44. The topological polar surface area (TPSA) is 69.4 Å². The van der Waals surface area contributed by atoms with Crippen molar-refractivity contribution in [3.05, 3.63) is 45.5 Å². The summed E-state index contributed by atoms with van der Waals surface area (Å²) in [5, 5.41) is 10.7. The summed E-state index contributed by atoms with van der Waals surface area (Å²) in [5.74, 6) is -0.0508. The van der Waals surface area contributed by atoms with E-state index >= 15 is 0 Å². The van der Waals surface area contributed by atoms with Gasteiger partial charge in [0.15, 0.2) is 0 Å². The fourth-order valence-corrected chi connectivity index (χ4v) is 1.68. The molecule has 0 radical (unpaired) electrons. The van der Waals surface area contributed by atoms with Crippen LogP contribution in [0, 0.1) is 17.0 Å². The fraction of sp³-hybridized carbons (Fsp3) is 0.182. The Hall–Kier alpha value is -2.17. The van der Waals surface area contributed by atoms with E-state index in [1.165, 1.54) is 18.2 Å². The molecule has 0 fully saturated rings. The number of benzene rings is 1. The van der Waals surface area contributed by atoms with E-state index in [0.29, 0.717) is 23.3 Å². The van der Waals surface area contributed by atoms with Crippen molar-refractivity contribution >= 4 is 11.7 Å². The maximum absolute atomic E-state index is 11.1. The van der Waals surface area contributed by atoms with Crippen molar-refractivity contribution in [1.82, 2.24) is 0 Å². The van der Waals surface area contributed by atoms with Crippen LogP contribution < -0.4 is 4.74 Å². The van der Waals surface area contributed by atoms with Crippen molar-refractivity contribution in [3.63, 3.8) is 0 Å². The Bertz CT molecular complexity index is 505. The lowest BCUT2D eigenvalue weighted by Gasteiger charge is -2.08. The number of nitrogens with zero attached hydrogens (tertiary/aromatic N) is 1. The molecule has 1 aliphatic heterocycles. The lowest BCUT2D eigenvalue weighted by Crippen LogP contribution is -2.04. The third kappa shape index (κ3) is 1.67. The number of allylic oxidation sites excluding steroid dienone is 1. The van der Waals surface area contributed by atoms with Gasteiger partial charge in [-0.1, -0.05) is 6.08 Å².